The lowest BCUT2D eigenvalue weighted by Crippen LogP contribution is -2.52. The lowest BCUT2D eigenvalue weighted by Gasteiger charge is -2.43. The molecule has 2 amide bonds. The zero-order valence-corrected chi connectivity index (χ0v) is 13.5. The number of urea groups is 1. The van der Waals surface area contributed by atoms with Crippen LogP contribution in [0.2, 0.25) is 0 Å². The summed E-state index contributed by atoms with van der Waals surface area (Å²) in [7, 11) is 3.91. The van der Waals surface area contributed by atoms with Gasteiger partial charge in [0.2, 0.25) is 0 Å². The molecule has 120 valence electrons. The summed E-state index contributed by atoms with van der Waals surface area (Å²) in [5.74, 6) is 0.552. The molecule has 0 atom stereocenters. The second-order valence-corrected chi connectivity index (χ2v) is 6.18. The topological polar surface area (TPSA) is 57.3 Å². The highest BCUT2D eigenvalue weighted by atomic mass is 16.2. The summed E-state index contributed by atoms with van der Waals surface area (Å²) in [6, 6.07) is 13.7. The maximum Gasteiger partial charge on any atom is 0.321 e. The maximum atomic E-state index is 12.3. The van der Waals surface area contributed by atoms with E-state index in [0.29, 0.717) is 5.82 Å². The molecule has 3 rings (SSSR count). The number of nitrogens with zero attached hydrogens (tertiary/aromatic N) is 2. The smallest absolute Gasteiger partial charge is 0.321 e. The Labute approximate surface area is 136 Å². The summed E-state index contributed by atoms with van der Waals surface area (Å²) in [5, 5.41) is 5.95. The highest BCUT2D eigenvalue weighted by Gasteiger charge is 2.39. The molecule has 0 unspecified atom stereocenters. The minimum atomic E-state index is -0.241. The summed E-state index contributed by atoms with van der Waals surface area (Å²) in [4.78, 5) is 18.6. The van der Waals surface area contributed by atoms with E-state index in [-0.39, 0.29) is 11.6 Å². The molecule has 0 bridgehead atoms. The number of aromatic nitrogens is 1. The second-order valence-electron chi connectivity index (χ2n) is 6.18. The summed E-state index contributed by atoms with van der Waals surface area (Å²) >= 11 is 0. The van der Waals surface area contributed by atoms with Crippen LogP contribution in [0.4, 0.5) is 16.3 Å². The van der Waals surface area contributed by atoms with Gasteiger partial charge in [0.1, 0.15) is 5.82 Å². The number of carbonyl (C=O) groups excluding carboxylic acids is 1. The molecule has 1 aromatic heterocycles. The van der Waals surface area contributed by atoms with E-state index in [0.717, 1.165) is 30.5 Å². The van der Waals surface area contributed by atoms with E-state index in [2.05, 4.69) is 27.8 Å². The van der Waals surface area contributed by atoms with Crippen molar-refractivity contribution in [2.24, 2.45) is 0 Å². The van der Waals surface area contributed by atoms with E-state index in [9.17, 15) is 4.79 Å². The molecule has 23 heavy (non-hydrogen) atoms. The third-order valence-electron chi connectivity index (χ3n) is 4.39. The third-order valence-corrected chi connectivity index (χ3v) is 4.39. The Balaban J connectivity index is 1.67. The van der Waals surface area contributed by atoms with Gasteiger partial charge in [-0.3, -0.25) is 5.32 Å². The van der Waals surface area contributed by atoms with Gasteiger partial charge in [-0.15, -0.1) is 0 Å². The number of nitrogens with one attached hydrogen (secondary N) is 2. The molecule has 0 aliphatic heterocycles. The Morgan fingerprint density at radius 3 is 2.39 bits per heavy atom. The number of carbonyl (C=O) groups is 1. The van der Waals surface area contributed by atoms with Crippen molar-refractivity contribution in [3.8, 4) is 0 Å². The van der Waals surface area contributed by atoms with Crippen molar-refractivity contribution in [3.05, 3.63) is 54.2 Å². The molecular formula is C18H22N4O. The van der Waals surface area contributed by atoms with Gasteiger partial charge in [-0.05, 0) is 37.0 Å². The minimum Gasteiger partial charge on any atom is -0.376 e. The van der Waals surface area contributed by atoms with Gasteiger partial charge in [-0.2, -0.15) is 0 Å². The van der Waals surface area contributed by atoms with Crippen molar-refractivity contribution >= 4 is 17.5 Å². The van der Waals surface area contributed by atoms with Gasteiger partial charge in [-0.25, -0.2) is 9.78 Å². The summed E-state index contributed by atoms with van der Waals surface area (Å²) in [6.07, 6.45) is 4.81. The van der Waals surface area contributed by atoms with Crippen molar-refractivity contribution in [2.45, 2.75) is 24.8 Å². The fourth-order valence-electron chi connectivity index (χ4n) is 2.86. The van der Waals surface area contributed by atoms with E-state index >= 15 is 0 Å². The highest BCUT2D eigenvalue weighted by molar-refractivity contribution is 5.89. The first-order chi connectivity index (χ1) is 11.1. The minimum absolute atomic E-state index is 0.210. The van der Waals surface area contributed by atoms with Crippen LogP contribution in [0.25, 0.3) is 0 Å². The van der Waals surface area contributed by atoms with Crippen molar-refractivity contribution < 1.29 is 4.79 Å². The number of pyridine rings is 1. The van der Waals surface area contributed by atoms with E-state index in [1.54, 1.807) is 6.20 Å². The molecule has 1 heterocycles. The van der Waals surface area contributed by atoms with Crippen LogP contribution in [-0.2, 0) is 5.54 Å². The molecule has 1 saturated carbocycles. The van der Waals surface area contributed by atoms with Crippen LogP contribution in [0.3, 0.4) is 0 Å². The number of benzene rings is 1. The zero-order chi connectivity index (χ0) is 16.3. The van der Waals surface area contributed by atoms with Crippen LogP contribution >= 0.6 is 0 Å². The molecule has 5 heteroatoms. The molecule has 1 aliphatic rings. The zero-order valence-electron chi connectivity index (χ0n) is 13.5. The Morgan fingerprint density at radius 1 is 1.13 bits per heavy atom. The van der Waals surface area contributed by atoms with Crippen molar-refractivity contribution in [1.29, 1.82) is 0 Å². The molecule has 1 aliphatic carbocycles. The first kappa shape index (κ1) is 15.3. The highest BCUT2D eigenvalue weighted by Crippen LogP contribution is 2.41. The Hall–Kier alpha value is -2.56. The van der Waals surface area contributed by atoms with Crippen LogP contribution in [0.15, 0.2) is 48.7 Å². The normalized spacial score (nSPS) is 15.4. The number of amides is 2. The monoisotopic (exact) mass is 310 g/mol. The molecule has 1 fully saturated rings. The van der Waals surface area contributed by atoms with Gasteiger partial charge in [0.25, 0.3) is 0 Å². The predicted molar refractivity (Wildman–Crippen MR) is 92.7 cm³/mol. The Bertz CT molecular complexity index is 663. The second kappa shape index (κ2) is 6.28. The van der Waals surface area contributed by atoms with E-state index in [4.69, 9.17) is 0 Å². The fraction of sp³-hybridized carbons (Fsp3) is 0.333. The average molecular weight is 310 g/mol. The first-order valence-electron chi connectivity index (χ1n) is 7.87. The molecule has 5 nitrogen and oxygen atoms in total. The standard InChI is InChI=1S/C18H22N4O/c1-22(2)15-9-10-16(19-13-15)20-17(23)21-18(11-6-12-18)14-7-4-3-5-8-14/h3-5,7-10,13H,6,11-12H2,1-2H3,(H2,19,20,21,23). The predicted octanol–water partition coefficient (Wildman–Crippen LogP) is 3.35. The van der Waals surface area contributed by atoms with Gasteiger partial charge >= 0.3 is 6.03 Å². The average Bonchev–Trinajstić information content (AvgIpc) is 2.52. The summed E-state index contributed by atoms with van der Waals surface area (Å²) in [5.41, 5.74) is 1.92. The molecule has 0 spiro atoms. The van der Waals surface area contributed by atoms with Gasteiger partial charge in [0.15, 0.2) is 0 Å². The molecular weight excluding hydrogens is 288 g/mol. The lowest BCUT2D eigenvalue weighted by atomic mass is 9.72. The first-order valence-corrected chi connectivity index (χ1v) is 7.87. The van der Waals surface area contributed by atoms with E-state index in [1.807, 2.05) is 49.3 Å². The molecule has 2 N–H and O–H groups in total. The number of rotatable bonds is 4. The number of hydrogen-bond donors (Lipinski definition) is 2. The van der Waals surface area contributed by atoms with Gasteiger partial charge in [0, 0.05) is 14.1 Å². The fourth-order valence-corrected chi connectivity index (χ4v) is 2.86. The van der Waals surface area contributed by atoms with Crippen LogP contribution in [-0.4, -0.2) is 25.1 Å². The lowest BCUT2D eigenvalue weighted by molar-refractivity contribution is 0.185. The van der Waals surface area contributed by atoms with Crippen molar-refractivity contribution in [1.82, 2.24) is 10.3 Å². The van der Waals surface area contributed by atoms with Crippen molar-refractivity contribution in [3.63, 3.8) is 0 Å². The van der Waals surface area contributed by atoms with Crippen LogP contribution in [0, 0.1) is 0 Å². The summed E-state index contributed by atoms with van der Waals surface area (Å²) < 4.78 is 0. The summed E-state index contributed by atoms with van der Waals surface area (Å²) in [6.45, 7) is 0. The molecule has 0 saturated heterocycles. The van der Waals surface area contributed by atoms with Crippen LogP contribution in [0.5, 0.6) is 0 Å². The van der Waals surface area contributed by atoms with E-state index in [1.165, 1.54) is 0 Å². The van der Waals surface area contributed by atoms with Crippen LogP contribution < -0.4 is 15.5 Å². The van der Waals surface area contributed by atoms with Gasteiger partial charge in [0.05, 0.1) is 17.4 Å². The SMILES string of the molecule is CN(C)c1ccc(NC(=O)NC2(c3ccccc3)CCC2)nc1. The van der Waals surface area contributed by atoms with Crippen molar-refractivity contribution in [2.75, 3.05) is 24.3 Å². The van der Waals surface area contributed by atoms with Gasteiger partial charge < -0.3 is 10.2 Å². The third kappa shape index (κ3) is 3.28. The molecule has 2 aromatic rings. The largest absolute Gasteiger partial charge is 0.376 e. The maximum absolute atomic E-state index is 12.3. The van der Waals surface area contributed by atoms with E-state index < -0.39 is 0 Å². The van der Waals surface area contributed by atoms with Crippen LogP contribution in [0.1, 0.15) is 24.8 Å². The Morgan fingerprint density at radius 2 is 1.87 bits per heavy atom. The van der Waals surface area contributed by atoms with Gasteiger partial charge in [-0.1, -0.05) is 30.3 Å². The molecule has 1 aromatic carbocycles. The molecule has 0 radical (unpaired) electrons. The number of anilines is 2. The number of hydrogen-bond acceptors (Lipinski definition) is 3. The Kier molecular flexibility index (Phi) is 4.19. The quantitative estimate of drug-likeness (QED) is 0.910.